The van der Waals surface area contributed by atoms with Crippen molar-refractivity contribution in [2.45, 2.75) is 23.8 Å². The Bertz CT molecular complexity index is 1010. The molecule has 1 aliphatic rings. The monoisotopic (exact) mass is 383 g/mol. The summed E-state index contributed by atoms with van der Waals surface area (Å²) in [6.07, 6.45) is 0.851. The van der Waals surface area contributed by atoms with Crippen molar-refractivity contribution in [1.82, 2.24) is 14.9 Å². The lowest BCUT2D eigenvalue weighted by atomic mass is 10.2. The zero-order valence-electron chi connectivity index (χ0n) is 14.7. The fraction of sp³-hybridized carbons (Fsp3) is 0.211. The van der Waals surface area contributed by atoms with Crippen molar-refractivity contribution in [3.63, 3.8) is 0 Å². The van der Waals surface area contributed by atoms with E-state index in [1.165, 1.54) is 28.1 Å². The molecule has 1 aliphatic heterocycles. The molecule has 3 aromatic rings. The second kappa shape index (κ2) is 7.03. The molecule has 0 fully saturated rings. The molecule has 1 amide bonds. The van der Waals surface area contributed by atoms with Gasteiger partial charge in [0.25, 0.3) is 0 Å². The number of rotatable bonds is 4. The van der Waals surface area contributed by atoms with Crippen molar-refractivity contribution < 1.29 is 9.18 Å². The van der Waals surface area contributed by atoms with Crippen LogP contribution in [0.3, 0.4) is 0 Å². The van der Waals surface area contributed by atoms with Crippen LogP contribution in [0.25, 0.3) is 11.4 Å². The molecule has 6 nitrogen and oxygen atoms in total. The lowest BCUT2D eigenvalue weighted by Gasteiger charge is -2.21. The number of benzene rings is 2. The number of hydrogen-bond donors (Lipinski definition) is 1. The molecule has 138 valence electrons. The summed E-state index contributed by atoms with van der Waals surface area (Å²) in [6.45, 7) is 2.48. The van der Waals surface area contributed by atoms with E-state index in [4.69, 9.17) is 5.84 Å². The molecule has 0 radical (unpaired) electrons. The van der Waals surface area contributed by atoms with E-state index in [9.17, 15) is 9.18 Å². The number of halogens is 1. The van der Waals surface area contributed by atoms with E-state index >= 15 is 0 Å². The first-order chi connectivity index (χ1) is 13.1. The van der Waals surface area contributed by atoms with Crippen molar-refractivity contribution in [1.29, 1.82) is 0 Å². The average molecular weight is 383 g/mol. The number of para-hydroxylation sites is 1. The van der Waals surface area contributed by atoms with E-state index in [-0.39, 0.29) is 17.3 Å². The molecule has 1 unspecified atom stereocenters. The summed E-state index contributed by atoms with van der Waals surface area (Å²) < 4.78 is 15.2. The van der Waals surface area contributed by atoms with Crippen LogP contribution in [0.2, 0.25) is 0 Å². The molecule has 0 aliphatic carbocycles. The Morgan fingerprint density at radius 1 is 1.19 bits per heavy atom. The van der Waals surface area contributed by atoms with Gasteiger partial charge in [0, 0.05) is 12.2 Å². The molecule has 4 rings (SSSR count). The van der Waals surface area contributed by atoms with Gasteiger partial charge in [0.1, 0.15) is 5.82 Å². The smallest absolute Gasteiger partial charge is 0.240 e. The summed E-state index contributed by atoms with van der Waals surface area (Å²) in [6, 6.07) is 14.1. The first-order valence-corrected chi connectivity index (χ1v) is 9.45. The highest BCUT2D eigenvalue weighted by Crippen LogP contribution is 2.32. The molecule has 27 heavy (non-hydrogen) atoms. The first-order valence-electron chi connectivity index (χ1n) is 8.57. The minimum atomic E-state index is -0.425. The van der Waals surface area contributed by atoms with Crippen LogP contribution < -0.4 is 10.7 Å². The molecule has 2 N–H and O–H groups in total. The Balaban J connectivity index is 1.53. The fourth-order valence-electron chi connectivity index (χ4n) is 3.18. The van der Waals surface area contributed by atoms with Crippen LogP contribution in [0.5, 0.6) is 0 Å². The van der Waals surface area contributed by atoms with Gasteiger partial charge in [0.15, 0.2) is 5.82 Å². The van der Waals surface area contributed by atoms with Crippen molar-refractivity contribution in [2.24, 2.45) is 0 Å². The maximum atomic E-state index is 14.0. The van der Waals surface area contributed by atoms with Gasteiger partial charge in [-0.1, -0.05) is 42.1 Å². The summed E-state index contributed by atoms with van der Waals surface area (Å²) >= 11 is 1.21. The van der Waals surface area contributed by atoms with E-state index in [1.807, 2.05) is 31.2 Å². The standard InChI is InChI=1S/C19H18FN5OS/c1-12(18(26)24-11-10-13-6-2-5-9-16(13)24)27-19-23-22-17(25(19)21)14-7-3-4-8-15(14)20/h2-9,12H,10-11,21H2,1H3. The van der Waals surface area contributed by atoms with Crippen LogP contribution in [-0.2, 0) is 11.2 Å². The van der Waals surface area contributed by atoms with Crippen LogP contribution in [0.1, 0.15) is 12.5 Å². The Kier molecular flexibility index (Phi) is 4.57. The summed E-state index contributed by atoms with van der Waals surface area (Å²) in [5, 5.41) is 7.99. The third-order valence-corrected chi connectivity index (χ3v) is 5.61. The predicted octanol–water partition coefficient (Wildman–Crippen LogP) is 2.87. The lowest BCUT2D eigenvalue weighted by molar-refractivity contribution is -0.117. The van der Waals surface area contributed by atoms with Crippen LogP contribution in [0.4, 0.5) is 10.1 Å². The van der Waals surface area contributed by atoms with Gasteiger partial charge in [-0.3, -0.25) is 4.79 Å². The summed E-state index contributed by atoms with van der Waals surface area (Å²) in [5.74, 6) is 5.85. The third-order valence-electron chi connectivity index (χ3n) is 4.56. The first kappa shape index (κ1) is 17.5. The number of fused-ring (bicyclic) bond motifs is 1. The van der Waals surface area contributed by atoms with E-state index in [0.29, 0.717) is 11.7 Å². The molecule has 1 aromatic heterocycles. The van der Waals surface area contributed by atoms with Crippen molar-refractivity contribution in [3.8, 4) is 11.4 Å². The molecule has 1 atom stereocenters. The Morgan fingerprint density at radius 2 is 1.93 bits per heavy atom. The van der Waals surface area contributed by atoms with Gasteiger partial charge in [-0.05, 0) is 37.1 Å². The normalized spacial score (nSPS) is 14.2. The third kappa shape index (κ3) is 3.16. The van der Waals surface area contributed by atoms with Gasteiger partial charge < -0.3 is 10.7 Å². The summed E-state index contributed by atoms with van der Waals surface area (Å²) in [7, 11) is 0. The minimum Gasteiger partial charge on any atom is -0.335 e. The Labute approximate surface area is 160 Å². The van der Waals surface area contributed by atoms with Crippen LogP contribution in [0, 0.1) is 5.82 Å². The molecular formula is C19H18FN5OS. The Hall–Kier alpha value is -2.87. The lowest BCUT2D eigenvalue weighted by Crippen LogP contribution is -2.35. The largest absolute Gasteiger partial charge is 0.335 e. The molecule has 2 aromatic carbocycles. The number of aromatic nitrogens is 3. The molecule has 0 saturated carbocycles. The maximum absolute atomic E-state index is 14.0. The summed E-state index contributed by atoms with van der Waals surface area (Å²) in [5.41, 5.74) is 2.40. The average Bonchev–Trinajstić information content (AvgIpc) is 3.26. The highest BCUT2D eigenvalue weighted by Gasteiger charge is 2.29. The van der Waals surface area contributed by atoms with Crippen molar-refractivity contribution in [2.75, 3.05) is 17.3 Å². The zero-order chi connectivity index (χ0) is 19.0. The van der Waals surface area contributed by atoms with Crippen molar-refractivity contribution in [3.05, 3.63) is 59.9 Å². The number of nitrogens with zero attached hydrogens (tertiary/aromatic N) is 4. The second-order valence-corrected chi connectivity index (χ2v) is 7.59. The number of nitrogens with two attached hydrogens (primary N) is 1. The van der Waals surface area contributed by atoms with Crippen LogP contribution in [0.15, 0.2) is 53.7 Å². The van der Waals surface area contributed by atoms with Crippen LogP contribution >= 0.6 is 11.8 Å². The molecule has 0 spiro atoms. The highest BCUT2D eigenvalue weighted by molar-refractivity contribution is 8.00. The SMILES string of the molecule is CC(Sc1nnc(-c2ccccc2F)n1N)C(=O)N1CCc2ccccc21. The number of carbonyl (C=O) groups is 1. The van der Waals surface area contributed by atoms with E-state index in [2.05, 4.69) is 10.2 Å². The van der Waals surface area contributed by atoms with Gasteiger partial charge >= 0.3 is 0 Å². The van der Waals surface area contributed by atoms with E-state index in [1.54, 1.807) is 23.1 Å². The van der Waals surface area contributed by atoms with Gasteiger partial charge in [0.05, 0.1) is 10.8 Å². The quantitative estimate of drug-likeness (QED) is 0.554. The topological polar surface area (TPSA) is 77.0 Å². The number of anilines is 1. The maximum Gasteiger partial charge on any atom is 0.240 e. The number of carbonyl (C=O) groups excluding carboxylic acids is 1. The highest BCUT2D eigenvalue weighted by atomic mass is 32.2. The molecular weight excluding hydrogens is 365 g/mol. The van der Waals surface area contributed by atoms with Crippen molar-refractivity contribution >= 4 is 23.4 Å². The van der Waals surface area contributed by atoms with Gasteiger partial charge in [0.2, 0.25) is 11.1 Å². The fourth-order valence-corrected chi connectivity index (χ4v) is 4.01. The number of amides is 1. The summed E-state index contributed by atoms with van der Waals surface area (Å²) in [4.78, 5) is 14.7. The number of hydrogen-bond acceptors (Lipinski definition) is 5. The Morgan fingerprint density at radius 3 is 2.74 bits per heavy atom. The van der Waals surface area contributed by atoms with Gasteiger partial charge in [-0.25, -0.2) is 9.07 Å². The molecule has 0 saturated heterocycles. The molecule has 0 bridgehead atoms. The molecule has 8 heteroatoms. The van der Waals surface area contributed by atoms with Crippen LogP contribution in [-0.4, -0.2) is 32.6 Å². The predicted molar refractivity (Wildman–Crippen MR) is 103 cm³/mol. The number of nitrogen functional groups attached to an aromatic ring is 1. The number of thioether (sulfide) groups is 1. The molecule has 2 heterocycles. The second-order valence-electron chi connectivity index (χ2n) is 6.28. The van der Waals surface area contributed by atoms with Gasteiger partial charge in [-0.2, -0.15) is 0 Å². The van der Waals surface area contributed by atoms with E-state index < -0.39 is 11.1 Å². The van der Waals surface area contributed by atoms with E-state index in [0.717, 1.165) is 12.1 Å². The minimum absolute atomic E-state index is 0.0135. The zero-order valence-corrected chi connectivity index (χ0v) is 15.5. The van der Waals surface area contributed by atoms with Gasteiger partial charge in [-0.15, -0.1) is 10.2 Å².